The molecule has 4 N–H and O–H groups in total. The number of carbonyl (C=O) groups is 1. The zero-order valence-corrected chi connectivity index (χ0v) is 22.3. The van der Waals surface area contributed by atoms with E-state index in [1.807, 2.05) is 0 Å². The average Bonchev–Trinajstić information content (AvgIpc) is 3.33. The van der Waals surface area contributed by atoms with Crippen molar-refractivity contribution >= 4 is 17.6 Å². The third kappa shape index (κ3) is 4.87. The van der Waals surface area contributed by atoms with Gasteiger partial charge in [-0.05, 0) is 55.2 Å². The van der Waals surface area contributed by atoms with E-state index in [1.54, 1.807) is 0 Å². The maximum Gasteiger partial charge on any atom is 0.407 e. The Labute approximate surface area is 223 Å². The summed E-state index contributed by atoms with van der Waals surface area (Å²) in [5, 5.41) is 6.34. The van der Waals surface area contributed by atoms with E-state index in [-0.39, 0.29) is 23.7 Å². The van der Waals surface area contributed by atoms with Crippen LogP contribution in [-0.2, 0) is 21.3 Å². The molecule has 1 aromatic carbocycles. The van der Waals surface area contributed by atoms with E-state index >= 15 is 0 Å². The monoisotopic (exact) mass is 522 g/mol. The number of benzene rings is 1. The van der Waals surface area contributed by atoms with Gasteiger partial charge < -0.3 is 30.6 Å². The summed E-state index contributed by atoms with van der Waals surface area (Å²) < 4.78 is 17.7. The molecular weight excluding hydrogens is 484 g/mol. The number of morpholine rings is 1. The van der Waals surface area contributed by atoms with Crippen molar-refractivity contribution in [2.75, 3.05) is 50.4 Å². The predicted molar refractivity (Wildman–Crippen MR) is 144 cm³/mol. The number of nitrogens with two attached hydrogens (primary N) is 1. The highest BCUT2D eigenvalue weighted by Crippen LogP contribution is 2.48. The number of alkyl carbamates (subject to hydrolysis) is 1. The predicted octanol–water partition coefficient (Wildman–Crippen LogP) is 3.10. The van der Waals surface area contributed by atoms with E-state index in [1.165, 1.54) is 6.33 Å². The second kappa shape index (κ2) is 10.2. The van der Waals surface area contributed by atoms with Gasteiger partial charge in [-0.1, -0.05) is 13.8 Å². The van der Waals surface area contributed by atoms with E-state index in [2.05, 4.69) is 51.5 Å². The number of hydrogen-bond acceptors (Lipinski definition) is 9. The smallest absolute Gasteiger partial charge is 0.407 e. The standard InChI is InChI=1S/C28H38N6O4/c1-28(2)13-21-20(25-23(28)26(29)33-16-32-25)7-8-22(24(21)30-14-19-15-31-27(35)38-19)37-18-5-3-17(4-6-18)34-9-11-36-12-10-34/h7-8,16-19,30H,3-6,9-15H2,1-2H3,(H,31,35)(H2,29,32,33)/t17-,18-,19-/m1/s1. The summed E-state index contributed by atoms with van der Waals surface area (Å²) in [4.78, 5) is 23.1. The Morgan fingerprint density at radius 2 is 1.97 bits per heavy atom. The molecule has 1 saturated carbocycles. The van der Waals surface area contributed by atoms with Crippen LogP contribution in [0.5, 0.6) is 5.75 Å². The number of nitrogen functional groups attached to an aromatic ring is 1. The quantitative estimate of drug-likeness (QED) is 0.525. The molecule has 3 heterocycles. The molecule has 1 atom stereocenters. The highest BCUT2D eigenvalue weighted by atomic mass is 16.6. The van der Waals surface area contributed by atoms with Crippen LogP contribution in [0.15, 0.2) is 18.5 Å². The summed E-state index contributed by atoms with van der Waals surface area (Å²) in [7, 11) is 0. The molecule has 0 spiro atoms. The number of nitrogens with one attached hydrogen (secondary N) is 2. The molecule has 204 valence electrons. The third-order valence-corrected chi connectivity index (χ3v) is 8.46. The Hall–Kier alpha value is -3.11. The number of nitrogens with zero attached hydrogens (tertiary/aromatic N) is 3. The van der Waals surface area contributed by atoms with Crippen LogP contribution in [0.2, 0.25) is 0 Å². The Bertz CT molecular complexity index is 1190. The van der Waals surface area contributed by atoms with Crippen molar-refractivity contribution in [2.45, 2.75) is 69.6 Å². The third-order valence-electron chi connectivity index (χ3n) is 8.46. The van der Waals surface area contributed by atoms with Gasteiger partial charge in [0.15, 0.2) is 0 Å². The molecule has 2 saturated heterocycles. The number of fused-ring (bicyclic) bond motifs is 3. The van der Waals surface area contributed by atoms with Gasteiger partial charge in [0.2, 0.25) is 0 Å². The Morgan fingerprint density at radius 1 is 1.18 bits per heavy atom. The molecule has 1 aromatic heterocycles. The Balaban J connectivity index is 1.27. The molecule has 10 nitrogen and oxygen atoms in total. The molecule has 6 rings (SSSR count). The van der Waals surface area contributed by atoms with Crippen molar-refractivity contribution in [1.29, 1.82) is 0 Å². The first kappa shape index (κ1) is 25.2. The first-order valence-electron chi connectivity index (χ1n) is 13.8. The van der Waals surface area contributed by atoms with Gasteiger partial charge in [-0.2, -0.15) is 0 Å². The van der Waals surface area contributed by atoms with Crippen LogP contribution >= 0.6 is 0 Å². The van der Waals surface area contributed by atoms with Crippen molar-refractivity contribution in [3.63, 3.8) is 0 Å². The molecule has 0 bridgehead atoms. The topological polar surface area (TPSA) is 124 Å². The van der Waals surface area contributed by atoms with E-state index in [0.29, 0.717) is 24.9 Å². The molecule has 2 aromatic rings. The SMILES string of the molecule is CC1(C)Cc2c(ccc(O[C@H]3CC[C@H](N4CCOCC4)CC3)c2NC[C@@H]2CNC(=O)O2)-c2ncnc(N)c21. The van der Waals surface area contributed by atoms with Crippen molar-refractivity contribution in [1.82, 2.24) is 20.2 Å². The Morgan fingerprint density at radius 3 is 2.71 bits per heavy atom. The summed E-state index contributed by atoms with van der Waals surface area (Å²) >= 11 is 0. The molecule has 0 radical (unpaired) electrons. The molecule has 0 unspecified atom stereocenters. The highest BCUT2D eigenvalue weighted by molar-refractivity contribution is 5.82. The van der Waals surface area contributed by atoms with Crippen molar-refractivity contribution in [3.8, 4) is 17.0 Å². The normalized spacial score (nSPS) is 26.6. The van der Waals surface area contributed by atoms with Crippen molar-refractivity contribution < 1.29 is 19.0 Å². The van der Waals surface area contributed by atoms with Gasteiger partial charge in [0.05, 0.1) is 43.8 Å². The summed E-state index contributed by atoms with van der Waals surface area (Å²) in [6, 6.07) is 4.77. The first-order chi connectivity index (χ1) is 18.4. The number of amides is 1. The summed E-state index contributed by atoms with van der Waals surface area (Å²) in [5.74, 6) is 1.37. The van der Waals surface area contributed by atoms with Gasteiger partial charge >= 0.3 is 6.09 Å². The zero-order valence-electron chi connectivity index (χ0n) is 22.3. The highest BCUT2D eigenvalue weighted by Gasteiger charge is 2.37. The van der Waals surface area contributed by atoms with Gasteiger partial charge in [-0.25, -0.2) is 14.8 Å². The zero-order chi connectivity index (χ0) is 26.3. The summed E-state index contributed by atoms with van der Waals surface area (Å²) in [5.41, 5.74) is 11.1. The minimum absolute atomic E-state index is 0.165. The second-order valence-electron chi connectivity index (χ2n) is 11.5. The first-order valence-corrected chi connectivity index (χ1v) is 13.8. The number of anilines is 2. The number of rotatable bonds is 6. The van der Waals surface area contributed by atoms with Crippen LogP contribution in [0.1, 0.15) is 50.7 Å². The van der Waals surface area contributed by atoms with E-state index in [4.69, 9.17) is 19.9 Å². The lowest BCUT2D eigenvalue weighted by atomic mass is 9.71. The lowest BCUT2D eigenvalue weighted by molar-refractivity contribution is -0.000983. The van der Waals surface area contributed by atoms with Gasteiger partial charge in [-0.15, -0.1) is 0 Å². The Kier molecular flexibility index (Phi) is 6.77. The van der Waals surface area contributed by atoms with Crippen LogP contribution in [0.3, 0.4) is 0 Å². The summed E-state index contributed by atoms with van der Waals surface area (Å²) in [6.45, 7) is 9.07. The molecule has 3 fully saturated rings. The number of ether oxygens (including phenoxy) is 3. The van der Waals surface area contributed by atoms with Gasteiger partial charge in [0.25, 0.3) is 0 Å². The second-order valence-corrected chi connectivity index (χ2v) is 11.5. The maximum atomic E-state index is 11.6. The minimum Gasteiger partial charge on any atom is -0.488 e. The van der Waals surface area contributed by atoms with Gasteiger partial charge in [-0.3, -0.25) is 4.90 Å². The number of aromatic nitrogens is 2. The van der Waals surface area contributed by atoms with Crippen molar-refractivity contribution in [2.24, 2.45) is 0 Å². The molecule has 4 aliphatic rings. The molecule has 10 heteroatoms. The molecule has 2 aliphatic heterocycles. The largest absolute Gasteiger partial charge is 0.488 e. The lowest BCUT2D eigenvalue weighted by Gasteiger charge is -2.39. The number of hydrogen-bond donors (Lipinski definition) is 3. The van der Waals surface area contributed by atoms with E-state index in [0.717, 1.165) is 92.2 Å². The lowest BCUT2D eigenvalue weighted by Crippen LogP contribution is -2.46. The average molecular weight is 523 g/mol. The number of carbonyl (C=O) groups excluding carboxylic acids is 1. The van der Waals surface area contributed by atoms with Crippen LogP contribution in [-0.4, -0.2) is 78.6 Å². The number of cyclic esters (lactones) is 1. The van der Waals surface area contributed by atoms with Gasteiger partial charge in [0, 0.05) is 30.3 Å². The van der Waals surface area contributed by atoms with E-state index < -0.39 is 0 Å². The maximum absolute atomic E-state index is 11.6. The summed E-state index contributed by atoms with van der Waals surface area (Å²) in [6.07, 6.45) is 6.18. The molecule has 38 heavy (non-hydrogen) atoms. The van der Waals surface area contributed by atoms with Crippen LogP contribution in [0.25, 0.3) is 11.3 Å². The molecular formula is C28H38N6O4. The minimum atomic E-state index is -0.373. The van der Waals surface area contributed by atoms with Gasteiger partial charge in [0.1, 0.15) is 24.0 Å². The fourth-order valence-electron chi connectivity index (χ4n) is 6.54. The van der Waals surface area contributed by atoms with Crippen LogP contribution in [0.4, 0.5) is 16.3 Å². The fraction of sp³-hybridized carbons (Fsp3) is 0.607. The van der Waals surface area contributed by atoms with Crippen LogP contribution in [0, 0.1) is 0 Å². The van der Waals surface area contributed by atoms with Crippen molar-refractivity contribution in [3.05, 3.63) is 29.6 Å². The fourth-order valence-corrected chi connectivity index (χ4v) is 6.54. The van der Waals surface area contributed by atoms with E-state index in [9.17, 15) is 4.79 Å². The molecule has 2 aliphatic carbocycles. The van der Waals surface area contributed by atoms with Crippen LogP contribution < -0.4 is 21.1 Å². The molecule has 1 amide bonds.